The first-order valence-corrected chi connectivity index (χ1v) is 7.41. The second-order valence-electron chi connectivity index (χ2n) is 3.88. The quantitative estimate of drug-likeness (QED) is 0.395. The number of amidine groups is 1. The van der Waals surface area contributed by atoms with E-state index < -0.39 is 5.97 Å². The van der Waals surface area contributed by atoms with Gasteiger partial charge in [-0.15, -0.1) is 5.10 Å². The van der Waals surface area contributed by atoms with Crippen LogP contribution in [0.4, 0.5) is 0 Å². The zero-order valence-electron chi connectivity index (χ0n) is 10.7. The Bertz CT molecular complexity index is 638. The summed E-state index contributed by atoms with van der Waals surface area (Å²) in [5, 5.41) is 11.1. The molecular weight excluding hydrogens is 337 g/mol. The van der Waals surface area contributed by atoms with E-state index >= 15 is 0 Å². The molecule has 0 bridgehead atoms. The molecule has 0 aliphatic carbocycles. The normalized spacial score (nSPS) is 16.5. The summed E-state index contributed by atoms with van der Waals surface area (Å²) in [6, 6.07) is 2.91. The molecule has 0 saturated carbocycles. The molecule has 9 heteroatoms. The molecule has 0 spiro atoms. The van der Waals surface area contributed by atoms with Crippen LogP contribution in [0.25, 0.3) is 0 Å². The topological polar surface area (TPSA) is 80.1 Å². The zero-order chi connectivity index (χ0) is 15.4. The van der Waals surface area contributed by atoms with Gasteiger partial charge in [0, 0.05) is 24.6 Å². The van der Waals surface area contributed by atoms with Crippen LogP contribution in [-0.4, -0.2) is 29.0 Å². The summed E-state index contributed by atoms with van der Waals surface area (Å²) in [4.78, 5) is 21.8. The summed E-state index contributed by atoms with van der Waals surface area (Å²) < 4.78 is 4.90. The fourth-order valence-electron chi connectivity index (χ4n) is 1.43. The smallest absolute Gasteiger partial charge is 0.308 e. The van der Waals surface area contributed by atoms with Gasteiger partial charge in [0.1, 0.15) is 5.75 Å². The Labute approximate surface area is 134 Å². The highest BCUT2D eigenvalue weighted by Gasteiger charge is 2.16. The van der Waals surface area contributed by atoms with Crippen LogP contribution in [0.1, 0.15) is 12.5 Å². The van der Waals surface area contributed by atoms with Crippen LogP contribution in [0.5, 0.6) is 5.75 Å². The molecule has 21 heavy (non-hydrogen) atoms. The lowest BCUT2D eigenvalue weighted by molar-refractivity contribution is -0.131. The Morgan fingerprint density at radius 1 is 1.43 bits per heavy atom. The summed E-state index contributed by atoms with van der Waals surface area (Å²) in [5.41, 5.74) is 0.438. The molecule has 1 heterocycles. The molecule has 110 valence electrons. The zero-order valence-corrected chi connectivity index (χ0v) is 13.1. The van der Waals surface area contributed by atoms with Gasteiger partial charge in [0.05, 0.1) is 22.0 Å². The molecule has 1 saturated heterocycles. The number of carbonyl (C=O) groups is 2. The number of benzene rings is 1. The summed E-state index contributed by atoms with van der Waals surface area (Å²) in [5.74, 6) is -0.00767. The van der Waals surface area contributed by atoms with Crippen molar-refractivity contribution in [3.8, 4) is 5.75 Å². The summed E-state index contributed by atoms with van der Waals surface area (Å²) in [6.07, 6.45) is 1.36. The van der Waals surface area contributed by atoms with Crippen LogP contribution >= 0.6 is 35.0 Å². The third-order valence-corrected chi connectivity index (χ3v) is 3.72. The highest BCUT2D eigenvalue weighted by molar-refractivity contribution is 8.15. The molecule has 1 amide bonds. The number of amides is 1. The molecule has 0 aromatic heterocycles. The van der Waals surface area contributed by atoms with Crippen molar-refractivity contribution >= 4 is 58.2 Å². The molecule has 6 nitrogen and oxygen atoms in total. The first-order valence-electron chi connectivity index (χ1n) is 5.67. The molecule has 0 unspecified atom stereocenters. The number of esters is 1. The van der Waals surface area contributed by atoms with Crippen LogP contribution in [0.3, 0.4) is 0 Å². The maximum atomic E-state index is 11.0. The number of thioether (sulfide) groups is 1. The number of carbonyl (C=O) groups excluding carboxylic acids is 2. The van der Waals surface area contributed by atoms with Crippen LogP contribution in [-0.2, 0) is 9.59 Å². The molecule has 1 N–H and O–H groups in total. The lowest BCUT2D eigenvalue weighted by Crippen LogP contribution is -2.19. The third kappa shape index (κ3) is 4.45. The van der Waals surface area contributed by atoms with Gasteiger partial charge in [-0.25, -0.2) is 0 Å². The van der Waals surface area contributed by atoms with Gasteiger partial charge in [-0.05, 0) is 0 Å². The third-order valence-electron chi connectivity index (χ3n) is 2.24. The van der Waals surface area contributed by atoms with E-state index in [1.807, 2.05) is 0 Å². The van der Waals surface area contributed by atoms with Gasteiger partial charge in [-0.3, -0.25) is 9.59 Å². The maximum absolute atomic E-state index is 11.0. The summed E-state index contributed by atoms with van der Waals surface area (Å²) in [6.45, 7) is 1.28. The number of rotatable bonds is 3. The standard InChI is InChI=1S/C12H9Cl2N3O3S/c1-6(18)20-7-2-9(13)8(10(14)3-7)4-15-17-12-16-11(19)5-21-12/h2-4H,5H2,1H3,(H,16,17,19). The highest BCUT2D eigenvalue weighted by Crippen LogP contribution is 2.29. The minimum atomic E-state index is -0.469. The number of ether oxygens (including phenoxy) is 1. The van der Waals surface area contributed by atoms with Crippen molar-refractivity contribution in [1.29, 1.82) is 0 Å². The van der Waals surface area contributed by atoms with Gasteiger partial charge in [0.15, 0.2) is 5.17 Å². The average molecular weight is 346 g/mol. The monoisotopic (exact) mass is 345 g/mol. The van der Waals surface area contributed by atoms with Crippen molar-refractivity contribution in [2.45, 2.75) is 6.92 Å². The van der Waals surface area contributed by atoms with E-state index in [0.29, 0.717) is 16.5 Å². The Balaban J connectivity index is 2.16. The molecule has 1 fully saturated rings. The molecule has 1 aliphatic rings. The second kappa shape index (κ2) is 6.93. The van der Waals surface area contributed by atoms with Crippen molar-refractivity contribution in [1.82, 2.24) is 5.32 Å². The van der Waals surface area contributed by atoms with Gasteiger partial charge in [-0.1, -0.05) is 35.0 Å². The van der Waals surface area contributed by atoms with E-state index in [4.69, 9.17) is 27.9 Å². The van der Waals surface area contributed by atoms with Gasteiger partial charge in [0.2, 0.25) is 5.91 Å². The van der Waals surface area contributed by atoms with Crippen LogP contribution < -0.4 is 10.1 Å². The molecule has 1 aromatic rings. The molecule has 1 aliphatic heterocycles. The Morgan fingerprint density at radius 2 is 2.10 bits per heavy atom. The maximum Gasteiger partial charge on any atom is 0.308 e. The van der Waals surface area contributed by atoms with Crippen molar-refractivity contribution < 1.29 is 14.3 Å². The minimum absolute atomic E-state index is 0.115. The van der Waals surface area contributed by atoms with Crippen LogP contribution in [0.2, 0.25) is 10.0 Å². The van der Waals surface area contributed by atoms with Crippen molar-refractivity contribution in [2.24, 2.45) is 10.2 Å². The summed E-state index contributed by atoms with van der Waals surface area (Å²) >= 11 is 13.3. The Hall–Kier alpha value is -1.57. The Kier molecular flexibility index (Phi) is 5.22. The van der Waals surface area contributed by atoms with E-state index in [1.165, 1.54) is 37.0 Å². The molecular formula is C12H9Cl2N3O3S. The van der Waals surface area contributed by atoms with Gasteiger partial charge < -0.3 is 10.1 Å². The molecule has 2 rings (SSSR count). The lowest BCUT2D eigenvalue weighted by Gasteiger charge is -2.05. The average Bonchev–Trinajstić information content (AvgIpc) is 2.77. The number of halogens is 2. The number of hydrogen-bond donors (Lipinski definition) is 1. The highest BCUT2D eigenvalue weighted by atomic mass is 35.5. The number of nitrogens with zero attached hydrogens (tertiary/aromatic N) is 2. The predicted octanol–water partition coefficient (Wildman–Crippen LogP) is 2.47. The Morgan fingerprint density at radius 3 is 2.62 bits per heavy atom. The largest absolute Gasteiger partial charge is 0.427 e. The van der Waals surface area contributed by atoms with Gasteiger partial charge >= 0.3 is 5.97 Å². The van der Waals surface area contributed by atoms with Crippen molar-refractivity contribution in [3.63, 3.8) is 0 Å². The lowest BCUT2D eigenvalue weighted by atomic mass is 10.2. The SMILES string of the molecule is CC(=O)Oc1cc(Cl)c(C=NN=C2NC(=O)CS2)c(Cl)c1. The fraction of sp³-hybridized carbons (Fsp3) is 0.167. The van der Waals surface area contributed by atoms with E-state index in [9.17, 15) is 9.59 Å². The van der Waals surface area contributed by atoms with Crippen molar-refractivity contribution in [3.05, 3.63) is 27.7 Å². The van der Waals surface area contributed by atoms with E-state index in [0.717, 1.165) is 0 Å². The molecule has 0 radical (unpaired) electrons. The fourth-order valence-corrected chi connectivity index (χ4v) is 2.62. The summed E-state index contributed by atoms with van der Waals surface area (Å²) in [7, 11) is 0. The second-order valence-corrected chi connectivity index (χ2v) is 5.66. The van der Waals surface area contributed by atoms with E-state index in [-0.39, 0.29) is 21.7 Å². The van der Waals surface area contributed by atoms with E-state index in [1.54, 1.807) is 0 Å². The van der Waals surface area contributed by atoms with Crippen LogP contribution in [0, 0.1) is 0 Å². The molecule has 1 aromatic carbocycles. The first kappa shape index (κ1) is 15.8. The number of nitrogens with one attached hydrogen (secondary N) is 1. The predicted molar refractivity (Wildman–Crippen MR) is 83.4 cm³/mol. The van der Waals surface area contributed by atoms with Crippen LogP contribution in [0.15, 0.2) is 22.3 Å². The van der Waals surface area contributed by atoms with Gasteiger partial charge in [-0.2, -0.15) is 5.10 Å². The molecule has 0 atom stereocenters. The minimum Gasteiger partial charge on any atom is -0.427 e. The number of hydrogen-bond acceptors (Lipinski definition) is 6. The van der Waals surface area contributed by atoms with Gasteiger partial charge in [0.25, 0.3) is 0 Å². The van der Waals surface area contributed by atoms with Crippen molar-refractivity contribution in [2.75, 3.05) is 5.75 Å². The first-order chi connectivity index (χ1) is 9.95. The van der Waals surface area contributed by atoms with E-state index in [2.05, 4.69) is 15.5 Å².